The number of fused-ring (bicyclic) bond motifs is 3. The van der Waals surface area contributed by atoms with Crippen LogP contribution in [0.4, 0.5) is 0 Å². The summed E-state index contributed by atoms with van der Waals surface area (Å²) in [4.78, 5) is 50.6. The minimum atomic E-state index is -1.65. The fourth-order valence-electron chi connectivity index (χ4n) is 8.42. The largest absolute Gasteiger partial charge is 0.457 e. The first-order valence-electron chi connectivity index (χ1n) is 13.1. The molecule has 8 nitrogen and oxygen atoms in total. The molecule has 1 saturated heterocycles. The Morgan fingerprint density at radius 2 is 1.83 bits per heavy atom. The molecule has 8 heteroatoms. The molecule has 36 heavy (non-hydrogen) atoms. The number of ketones is 2. The molecular weight excluding hydrogens is 464 g/mol. The lowest BCUT2D eigenvalue weighted by molar-refractivity contribution is -0.210. The Kier molecular flexibility index (Phi) is 5.69. The molecule has 9 atom stereocenters. The van der Waals surface area contributed by atoms with E-state index in [1.165, 1.54) is 0 Å². The van der Waals surface area contributed by atoms with Gasteiger partial charge in [-0.1, -0.05) is 39.3 Å². The van der Waals surface area contributed by atoms with Gasteiger partial charge in [-0.05, 0) is 50.2 Å². The van der Waals surface area contributed by atoms with E-state index in [1.807, 2.05) is 19.9 Å². The summed E-state index contributed by atoms with van der Waals surface area (Å²) in [5, 5.41) is 12.0. The van der Waals surface area contributed by atoms with E-state index in [4.69, 9.17) is 14.2 Å². The van der Waals surface area contributed by atoms with Crippen LogP contribution in [-0.4, -0.2) is 58.6 Å². The van der Waals surface area contributed by atoms with Gasteiger partial charge in [0.1, 0.15) is 11.7 Å². The number of esters is 2. The minimum absolute atomic E-state index is 0.00783. The second-order valence-corrected chi connectivity index (χ2v) is 11.6. The molecule has 0 aromatic carbocycles. The van der Waals surface area contributed by atoms with Gasteiger partial charge in [-0.2, -0.15) is 0 Å². The number of allylic oxidation sites excluding steroid dienone is 2. The maximum Gasteiger partial charge on any atom is 0.306 e. The highest BCUT2D eigenvalue weighted by molar-refractivity contribution is 6.01. The molecule has 0 radical (unpaired) electrons. The normalized spacial score (nSPS) is 46.0. The van der Waals surface area contributed by atoms with Gasteiger partial charge in [0.15, 0.2) is 18.0 Å². The lowest BCUT2D eigenvalue weighted by Crippen LogP contribution is -2.69. The zero-order valence-electron chi connectivity index (χ0n) is 21.7. The summed E-state index contributed by atoms with van der Waals surface area (Å²) in [5.41, 5.74) is -2.98. The Hall–Kier alpha value is -2.32. The Morgan fingerprint density at radius 1 is 1.14 bits per heavy atom. The number of hydrogen-bond acceptors (Lipinski definition) is 8. The molecule has 0 bridgehead atoms. The van der Waals surface area contributed by atoms with Crippen molar-refractivity contribution in [3.05, 3.63) is 23.8 Å². The number of Topliss-reactive ketones (excluding diaryl/α,β-unsaturated/α-hetero) is 1. The van der Waals surface area contributed by atoms with Crippen molar-refractivity contribution in [2.75, 3.05) is 6.61 Å². The second kappa shape index (κ2) is 8.09. The van der Waals surface area contributed by atoms with Crippen molar-refractivity contribution in [2.24, 2.45) is 28.6 Å². The molecule has 4 aliphatic carbocycles. The zero-order chi connectivity index (χ0) is 26.3. The van der Waals surface area contributed by atoms with E-state index < -0.39 is 64.5 Å². The predicted octanol–water partition coefficient (Wildman–Crippen LogP) is 2.86. The van der Waals surface area contributed by atoms with Gasteiger partial charge in [-0.15, -0.1) is 0 Å². The van der Waals surface area contributed by atoms with Gasteiger partial charge in [0.25, 0.3) is 0 Å². The first-order chi connectivity index (χ1) is 16.9. The zero-order valence-corrected chi connectivity index (χ0v) is 21.7. The van der Waals surface area contributed by atoms with E-state index in [-0.39, 0.29) is 30.5 Å². The molecular formula is C28H36O8. The molecule has 5 aliphatic rings. The van der Waals surface area contributed by atoms with E-state index in [9.17, 15) is 24.3 Å². The molecule has 5 rings (SSSR count). The Labute approximate surface area is 211 Å². The summed E-state index contributed by atoms with van der Waals surface area (Å²) in [6.45, 7) is 8.59. The van der Waals surface area contributed by atoms with Crippen molar-refractivity contribution in [3.8, 4) is 0 Å². The van der Waals surface area contributed by atoms with Crippen molar-refractivity contribution in [1.82, 2.24) is 0 Å². The maximum atomic E-state index is 13.9. The maximum absolute atomic E-state index is 13.9. The van der Waals surface area contributed by atoms with Crippen LogP contribution < -0.4 is 0 Å². The quantitative estimate of drug-likeness (QED) is 0.437. The van der Waals surface area contributed by atoms with Crippen molar-refractivity contribution in [3.63, 3.8) is 0 Å². The van der Waals surface area contributed by atoms with Crippen LogP contribution >= 0.6 is 0 Å². The molecule has 0 aromatic heterocycles. The Bertz CT molecular complexity index is 1090. The fourth-order valence-corrected chi connectivity index (χ4v) is 8.42. The van der Waals surface area contributed by atoms with Crippen LogP contribution in [0.1, 0.15) is 66.7 Å². The third-order valence-corrected chi connectivity index (χ3v) is 10.2. The van der Waals surface area contributed by atoms with Gasteiger partial charge < -0.3 is 19.3 Å². The third kappa shape index (κ3) is 2.88. The molecule has 0 amide bonds. The second-order valence-electron chi connectivity index (χ2n) is 11.6. The summed E-state index contributed by atoms with van der Waals surface area (Å²) < 4.78 is 17.7. The Morgan fingerprint density at radius 3 is 2.50 bits per heavy atom. The van der Waals surface area contributed by atoms with E-state index in [2.05, 4.69) is 6.92 Å². The average molecular weight is 501 g/mol. The molecule has 1 N–H and O–H groups in total. The van der Waals surface area contributed by atoms with Crippen molar-refractivity contribution >= 4 is 23.5 Å². The lowest BCUT2D eigenvalue weighted by atomic mass is 9.46. The minimum Gasteiger partial charge on any atom is -0.457 e. The number of carbonyl (C=O) groups is 4. The van der Waals surface area contributed by atoms with Crippen LogP contribution in [0.2, 0.25) is 0 Å². The van der Waals surface area contributed by atoms with Crippen LogP contribution in [0, 0.1) is 28.6 Å². The van der Waals surface area contributed by atoms with Crippen molar-refractivity contribution in [2.45, 2.75) is 90.1 Å². The van der Waals surface area contributed by atoms with E-state index in [0.717, 1.165) is 18.4 Å². The Balaban J connectivity index is 1.59. The highest BCUT2D eigenvalue weighted by Gasteiger charge is 2.86. The molecule has 1 heterocycles. The van der Waals surface area contributed by atoms with E-state index in [0.29, 0.717) is 6.42 Å². The van der Waals surface area contributed by atoms with Crippen LogP contribution in [0.25, 0.3) is 0 Å². The van der Waals surface area contributed by atoms with Crippen LogP contribution in [0.15, 0.2) is 23.8 Å². The van der Waals surface area contributed by atoms with E-state index in [1.54, 1.807) is 26.0 Å². The van der Waals surface area contributed by atoms with Gasteiger partial charge >= 0.3 is 11.9 Å². The molecule has 196 valence electrons. The van der Waals surface area contributed by atoms with Gasteiger partial charge in [-0.25, -0.2) is 0 Å². The number of aliphatic hydroxyl groups is 1. The monoisotopic (exact) mass is 500 g/mol. The summed E-state index contributed by atoms with van der Waals surface area (Å²) in [6, 6.07) is 0. The first-order valence-corrected chi connectivity index (χ1v) is 13.1. The van der Waals surface area contributed by atoms with E-state index >= 15 is 0 Å². The molecule has 1 aliphatic heterocycles. The number of hydrogen-bond donors (Lipinski definition) is 1. The number of epoxide rings is 1. The molecule has 3 saturated carbocycles. The average Bonchev–Trinajstić information content (AvgIpc) is 3.56. The van der Waals surface area contributed by atoms with Gasteiger partial charge in [0.2, 0.25) is 5.78 Å². The van der Waals surface area contributed by atoms with Crippen LogP contribution in [-0.2, 0) is 33.4 Å². The highest BCUT2D eigenvalue weighted by Crippen LogP contribution is 2.76. The molecule has 0 unspecified atom stereocenters. The van der Waals surface area contributed by atoms with Crippen molar-refractivity contribution in [1.29, 1.82) is 0 Å². The highest BCUT2D eigenvalue weighted by atomic mass is 16.6. The summed E-state index contributed by atoms with van der Waals surface area (Å²) in [7, 11) is 0. The van der Waals surface area contributed by atoms with Gasteiger partial charge in [0.05, 0.1) is 6.10 Å². The standard InChI is InChI=1S/C28H36O8/c1-6-21(31)34-14-20(30)27(35-22(32)7-2)15(3)12-19-18-9-8-16-13-17(29)10-11-25(16,4)28(18)24(36-28)23(33)26(19,27)5/h10-11,13,15,18-19,23-24,33H,6-9,12,14H2,1-5H3/t15-,18-,19-,23+,24-,25-,26+,27-,28+/m0/s1. The van der Waals surface area contributed by atoms with Crippen LogP contribution in [0.5, 0.6) is 0 Å². The SMILES string of the molecule is CCC(=O)OCC(=O)[C@@]1(OC(=O)CC)[C@@H](C)C[C@H]2[C@@H]3CCC4=CC(=O)C=C[C@]4(C)[C@@]34O[C@H]4[C@@H](O)[C@@]21C. The van der Waals surface area contributed by atoms with Crippen LogP contribution in [0.3, 0.4) is 0 Å². The molecule has 1 spiro atoms. The summed E-state index contributed by atoms with van der Waals surface area (Å²) in [6.07, 6.45) is 5.74. The predicted molar refractivity (Wildman–Crippen MR) is 127 cm³/mol. The van der Waals surface area contributed by atoms with Gasteiger partial charge in [0, 0.05) is 29.6 Å². The number of ether oxygens (including phenoxy) is 3. The number of rotatable bonds is 6. The first kappa shape index (κ1) is 25.3. The van der Waals surface area contributed by atoms with Gasteiger partial charge in [-0.3, -0.25) is 19.2 Å². The summed E-state index contributed by atoms with van der Waals surface area (Å²) >= 11 is 0. The summed E-state index contributed by atoms with van der Waals surface area (Å²) in [5.74, 6) is -2.17. The lowest BCUT2D eigenvalue weighted by Gasteiger charge is -2.57. The molecule has 0 aromatic rings. The van der Waals surface area contributed by atoms with Crippen molar-refractivity contribution < 1.29 is 38.5 Å². The number of carbonyl (C=O) groups excluding carboxylic acids is 4. The fraction of sp³-hybridized carbons (Fsp3) is 0.714. The smallest absolute Gasteiger partial charge is 0.306 e. The molecule has 4 fully saturated rings. The number of aliphatic hydroxyl groups excluding tert-OH is 1. The third-order valence-electron chi connectivity index (χ3n) is 10.2. The topological polar surface area (TPSA) is 120 Å².